The molecule has 0 bridgehead atoms. The van der Waals surface area contributed by atoms with Gasteiger partial charge in [-0.05, 0) is 123 Å². The lowest BCUT2D eigenvalue weighted by molar-refractivity contribution is 0.893. The van der Waals surface area contributed by atoms with Crippen LogP contribution >= 0.6 is 0 Å². The summed E-state index contributed by atoms with van der Waals surface area (Å²) in [7, 11) is 0. The van der Waals surface area contributed by atoms with E-state index in [1.165, 1.54) is 32.6 Å². The Bertz CT molecular complexity index is 5500. The molecule has 0 radical (unpaired) electrons. The molecule has 5 heterocycles. The van der Waals surface area contributed by atoms with Gasteiger partial charge in [0.15, 0.2) is 5.82 Å². The van der Waals surface area contributed by atoms with Crippen LogP contribution in [0.1, 0.15) is 0 Å². The highest BCUT2D eigenvalue weighted by Crippen LogP contribution is 2.43. The van der Waals surface area contributed by atoms with Crippen LogP contribution in [0.5, 0.6) is 0 Å². The topological polar surface area (TPSA) is 58.4 Å². The van der Waals surface area contributed by atoms with Crippen LogP contribution in [-0.4, -0.2) is 33.2 Å². The monoisotopic (exact) mass is 1120 g/mol. The van der Waals surface area contributed by atoms with Gasteiger partial charge >= 0.3 is 0 Å². The summed E-state index contributed by atoms with van der Waals surface area (Å²) in [6, 6.07) is 111. The first-order chi connectivity index (χ1) is 43.6. The van der Waals surface area contributed by atoms with Gasteiger partial charge in [0, 0.05) is 60.0 Å². The molecule has 0 fully saturated rings. The lowest BCUT2D eigenvalue weighted by atomic mass is 9.94. The van der Waals surface area contributed by atoms with Crippen molar-refractivity contribution in [1.29, 1.82) is 0 Å². The molecular weight excluding hydrogens is 1070 g/mol. The molecule has 0 saturated heterocycles. The summed E-state index contributed by atoms with van der Waals surface area (Å²) >= 11 is 0. The van der Waals surface area contributed by atoms with Crippen LogP contribution in [0.15, 0.2) is 309 Å². The Balaban J connectivity index is 0.895. The number of hydrogen-bond acceptors (Lipinski definition) is 3. The molecule has 0 unspecified atom stereocenters. The summed E-state index contributed by atoms with van der Waals surface area (Å²) in [4.78, 5) is 17.2. The van der Waals surface area contributed by atoms with E-state index in [0.29, 0.717) is 17.7 Å². The maximum atomic E-state index is 5.75. The number of fused-ring (bicyclic) bond motifs is 12. The number of rotatable bonds is 9. The van der Waals surface area contributed by atoms with Crippen LogP contribution in [0.2, 0.25) is 0 Å². The first kappa shape index (κ1) is 49.5. The number of benzene rings is 13. The Labute approximate surface area is 506 Å². The van der Waals surface area contributed by atoms with Crippen LogP contribution in [0.4, 0.5) is 0 Å². The van der Waals surface area contributed by atoms with Crippen molar-refractivity contribution in [3.05, 3.63) is 309 Å². The summed E-state index contributed by atoms with van der Waals surface area (Å²) in [5, 5.41) is 9.27. The molecule has 0 spiro atoms. The summed E-state index contributed by atoms with van der Waals surface area (Å²) < 4.78 is 9.28. The molecule has 18 rings (SSSR count). The Morgan fingerprint density at radius 3 is 0.875 bits per heavy atom. The number of hydrogen-bond donors (Lipinski definition) is 0. The van der Waals surface area contributed by atoms with E-state index < -0.39 is 0 Å². The smallest absolute Gasteiger partial charge is 0.240 e. The van der Waals surface area contributed by atoms with Crippen molar-refractivity contribution >= 4 is 87.2 Å². The first-order valence-corrected chi connectivity index (χ1v) is 29.9. The molecule has 88 heavy (non-hydrogen) atoms. The van der Waals surface area contributed by atoms with Gasteiger partial charge in [0.2, 0.25) is 11.9 Å². The average Bonchev–Trinajstić information content (AvgIpc) is 1.67. The van der Waals surface area contributed by atoms with Crippen molar-refractivity contribution in [2.75, 3.05) is 0 Å². The van der Waals surface area contributed by atoms with Gasteiger partial charge < -0.3 is 9.13 Å². The Kier molecular flexibility index (Phi) is 11.2. The van der Waals surface area contributed by atoms with Crippen LogP contribution < -0.4 is 0 Å². The fourth-order valence-electron chi connectivity index (χ4n) is 13.8. The van der Waals surface area contributed by atoms with E-state index >= 15 is 0 Å². The van der Waals surface area contributed by atoms with Crippen molar-refractivity contribution in [1.82, 2.24) is 33.2 Å². The van der Waals surface area contributed by atoms with Gasteiger partial charge in [0.05, 0.1) is 44.1 Å². The second-order valence-corrected chi connectivity index (χ2v) is 22.8. The standard InChI is InChI=1S/C81H51N7/c1-5-21-52(22-6-1)54-37-42-61(53-23-7-2-8-24-53)70(47-54)79-82-80(87-73-35-19-15-31-64(73)68-45-40-57(50-77(68)87)55-38-43-66-62-29-13-17-33-71(62)85(75(66)48-55)59-25-9-3-10-26-59)84-81(83-79)88-74-36-20-16-32-65(74)69-46-41-58(51-78(69)88)56-39-44-67-63-30-14-18-34-72(63)86(76(67)49-56)60-27-11-4-12-28-60/h1-51H. The van der Waals surface area contributed by atoms with E-state index in [1.54, 1.807) is 0 Å². The van der Waals surface area contributed by atoms with Crippen molar-refractivity contribution in [2.24, 2.45) is 0 Å². The molecule has 0 amide bonds. The van der Waals surface area contributed by atoms with E-state index in [1.807, 2.05) is 0 Å². The Morgan fingerprint density at radius 2 is 0.477 bits per heavy atom. The second-order valence-electron chi connectivity index (χ2n) is 22.8. The van der Waals surface area contributed by atoms with E-state index in [4.69, 9.17) is 15.0 Å². The van der Waals surface area contributed by atoms with Crippen LogP contribution in [-0.2, 0) is 0 Å². The largest absolute Gasteiger partial charge is 0.309 e. The average molecular weight is 1120 g/mol. The third-order valence-corrected chi connectivity index (χ3v) is 17.9. The zero-order chi connectivity index (χ0) is 57.8. The summed E-state index contributed by atoms with van der Waals surface area (Å²) in [6.07, 6.45) is 0. The van der Waals surface area contributed by atoms with Crippen molar-refractivity contribution in [2.45, 2.75) is 0 Å². The maximum absolute atomic E-state index is 5.75. The molecule has 13 aromatic carbocycles. The number of nitrogens with zero attached hydrogens (tertiary/aromatic N) is 7. The fraction of sp³-hybridized carbons (Fsp3) is 0. The van der Waals surface area contributed by atoms with Crippen LogP contribution in [0.3, 0.4) is 0 Å². The molecule has 18 aromatic rings. The molecule has 0 saturated carbocycles. The second kappa shape index (κ2) is 19.8. The molecule has 0 aliphatic heterocycles. The Morgan fingerprint density at radius 1 is 0.182 bits per heavy atom. The minimum Gasteiger partial charge on any atom is -0.309 e. The lowest BCUT2D eigenvalue weighted by Crippen LogP contribution is -2.10. The van der Waals surface area contributed by atoms with Gasteiger partial charge in [0.1, 0.15) is 0 Å². The molecule has 0 aliphatic rings. The lowest BCUT2D eigenvalue weighted by Gasteiger charge is -2.16. The minimum absolute atomic E-state index is 0.508. The van der Waals surface area contributed by atoms with Gasteiger partial charge in [-0.2, -0.15) is 15.0 Å². The predicted molar refractivity (Wildman–Crippen MR) is 364 cm³/mol. The normalized spacial score (nSPS) is 11.9. The van der Waals surface area contributed by atoms with Crippen molar-refractivity contribution in [3.63, 3.8) is 0 Å². The zero-order valence-electron chi connectivity index (χ0n) is 47.6. The first-order valence-electron chi connectivity index (χ1n) is 29.9. The highest BCUT2D eigenvalue weighted by Gasteiger charge is 2.24. The zero-order valence-corrected chi connectivity index (χ0v) is 47.6. The van der Waals surface area contributed by atoms with E-state index in [0.717, 1.165) is 116 Å². The summed E-state index contributed by atoms with van der Waals surface area (Å²) in [5.74, 6) is 1.57. The third-order valence-electron chi connectivity index (χ3n) is 17.9. The number of para-hydroxylation sites is 6. The van der Waals surface area contributed by atoms with Gasteiger partial charge in [-0.15, -0.1) is 0 Å². The van der Waals surface area contributed by atoms with E-state index in [-0.39, 0.29) is 0 Å². The molecule has 5 aromatic heterocycles. The molecule has 7 heteroatoms. The molecule has 0 aliphatic carbocycles. The van der Waals surface area contributed by atoms with Gasteiger partial charge in [0.25, 0.3) is 0 Å². The molecule has 410 valence electrons. The van der Waals surface area contributed by atoms with Gasteiger partial charge in [-0.1, -0.05) is 231 Å². The SMILES string of the molecule is c1ccc(-c2ccc(-c3ccccc3)c(-c3nc(-n4c5ccccc5c5ccc(-c6ccc7c8ccccc8n(-c8ccccc8)c7c6)cc54)nc(-n4c5ccccc5c5ccc(-c6ccc7c8ccccc8n(-c8ccccc8)c7c6)cc54)n3)c2)cc1. The van der Waals surface area contributed by atoms with Crippen LogP contribution in [0, 0.1) is 0 Å². The maximum Gasteiger partial charge on any atom is 0.240 e. The molecule has 0 N–H and O–H groups in total. The molecule has 0 atom stereocenters. The fourth-order valence-corrected chi connectivity index (χ4v) is 13.8. The van der Waals surface area contributed by atoms with Gasteiger partial charge in [-0.25, -0.2) is 0 Å². The highest BCUT2D eigenvalue weighted by atomic mass is 15.3. The van der Waals surface area contributed by atoms with Crippen molar-refractivity contribution in [3.8, 4) is 79.2 Å². The van der Waals surface area contributed by atoms with Crippen LogP contribution in [0.25, 0.3) is 166 Å². The summed E-state index contributed by atoms with van der Waals surface area (Å²) in [5.41, 5.74) is 20.4. The predicted octanol–water partition coefficient (Wildman–Crippen LogP) is 20.6. The Hall–Kier alpha value is -11.9. The number of aromatic nitrogens is 7. The van der Waals surface area contributed by atoms with E-state index in [9.17, 15) is 0 Å². The van der Waals surface area contributed by atoms with Gasteiger partial charge in [-0.3, -0.25) is 9.13 Å². The molecule has 7 nitrogen and oxygen atoms in total. The summed E-state index contributed by atoms with van der Waals surface area (Å²) in [6.45, 7) is 0. The highest BCUT2D eigenvalue weighted by molar-refractivity contribution is 6.14. The van der Waals surface area contributed by atoms with Crippen molar-refractivity contribution < 1.29 is 0 Å². The quantitative estimate of drug-likeness (QED) is 0.145. The van der Waals surface area contributed by atoms with E-state index in [2.05, 4.69) is 328 Å². The molecular formula is C81H51N7. The minimum atomic E-state index is 0.508. The third kappa shape index (κ3) is 7.81.